The molecule has 1 aliphatic rings. The summed E-state index contributed by atoms with van der Waals surface area (Å²) in [6, 6.07) is 11.9. The van der Waals surface area contributed by atoms with Crippen LogP contribution in [-0.2, 0) is 36.8 Å². The van der Waals surface area contributed by atoms with Gasteiger partial charge in [0.2, 0.25) is 23.6 Å². The second-order valence-electron chi connectivity index (χ2n) is 10.2. The van der Waals surface area contributed by atoms with E-state index in [0.29, 0.717) is 12.8 Å². The predicted molar refractivity (Wildman–Crippen MR) is 150 cm³/mol. The van der Waals surface area contributed by atoms with Crippen LogP contribution >= 0.6 is 0 Å². The average Bonchev–Trinajstić information content (AvgIpc) is 3.60. The third kappa shape index (κ3) is 7.28. The molecular formula is C29H34N6O6. The molecule has 0 spiro atoms. The number of hydrogen-bond donors (Lipinski definition) is 6. The van der Waals surface area contributed by atoms with Crippen molar-refractivity contribution in [1.29, 1.82) is 0 Å². The quantitative estimate of drug-likeness (QED) is 0.181. The molecule has 12 heteroatoms. The van der Waals surface area contributed by atoms with Gasteiger partial charge < -0.3 is 37.1 Å². The molecule has 0 aliphatic carbocycles. The maximum atomic E-state index is 13.8. The molecule has 2 aromatic carbocycles. The Morgan fingerprint density at radius 1 is 0.951 bits per heavy atom. The third-order valence-electron chi connectivity index (χ3n) is 7.21. The number of hydrogen-bond acceptors (Lipinski definition) is 6. The fraction of sp³-hybridized carbons (Fsp3) is 0.345. The molecule has 1 aromatic heterocycles. The van der Waals surface area contributed by atoms with Gasteiger partial charge in [-0.1, -0.05) is 48.5 Å². The number of carbonyl (C=O) groups is 5. The first-order valence-electron chi connectivity index (χ1n) is 13.4. The largest absolute Gasteiger partial charge is 0.480 e. The zero-order valence-electron chi connectivity index (χ0n) is 22.4. The molecule has 216 valence electrons. The number of likely N-dealkylation sites (tertiary alicyclic amines) is 1. The smallest absolute Gasteiger partial charge is 0.326 e. The van der Waals surface area contributed by atoms with Crippen LogP contribution < -0.4 is 22.1 Å². The number of benzene rings is 2. The number of carboxylic acids is 1. The Kier molecular flexibility index (Phi) is 9.35. The van der Waals surface area contributed by atoms with E-state index in [1.807, 2.05) is 30.3 Å². The molecule has 1 saturated heterocycles. The highest BCUT2D eigenvalue weighted by Gasteiger charge is 2.38. The molecule has 4 atom stereocenters. The van der Waals surface area contributed by atoms with E-state index in [-0.39, 0.29) is 19.4 Å². The number of fused-ring (bicyclic) bond motifs is 1. The van der Waals surface area contributed by atoms with Gasteiger partial charge in [0.25, 0.3) is 0 Å². The number of nitrogens with zero attached hydrogens (tertiary/aromatic N) is 1. The number of aromatic amines is 1. The zero-order valence-corrected chi connectivity index (χ0v) is 22.4. The summed E-state index contributed by atoms with van der Waals surface area (Å²) < 4.78 is 0. The molecule has 4 amide bonds. The van der Waals surface area contributed by atoms with Crippen LogP contribution in [0.25, 0.3) is 10.9 Å². The first-order valence-corrected chi connectivity index (χ1v) is 13.4. The SMILES string of the molecule is NC(=O)CC(N)C(=O)NC(Cc1ccccc1)C(=O)NC(Cc1c[nH]c2ccccc12)C(=O)N1CCCC1C(=O)O. The third-order valence-corrected chi connectivity index (χ3v) is 7.21. The lowest BCUT2D eigenvalue weighted by atomic mass is 10.0. The number of aliphatic carboxylic acids is 1. The molecule has 3 aromatic rings. The van der Waals surface area contributed by atoms with Gasteiger partial charge in [0.05, 0.1) is 12.5 Å². The molecule has 12 nitrogen and oxygen atoms in total. The highest BCUT2D eigenvalue weighted by molar-refractivity contribution is 5.96. The Hall–Kier alpha value is -4.71. The fourth-order valence-electron chi connectivity index (χ4n) is 5.13. The summed E-state index contributed by atoms with van der Waals surface area (Å²) in [6.07, 6.45) is 2.36. The minimum Gasteiger partial charge on any atom is -0.480 e. The summed E-state index contributed by atoms with van der Waals surface area (Å²) in [5.41, 5.74) is 13.3. The predicted octanol–water partition coefficient (Wildman–Crippen LogP) is 0.201. The summed E-state index contributed by atoms with van der Waals surface area (Å²) in [5, 5.41) is 15.9. The molecular weight excluding hydrogens is 528 g/mol. The van der Waals surface area contributed by atoms with Crippen LogP contribution in [0.15, 0.2) is 60.8 Å². The fourth-order valence-corrected chi connectivity index (χ4v) is 5.13. The van der Waals surface area contributed by atoms with E-state index in [1.54, 1.807) is 30.5 Å². The highest BCUT2D eigenvalue weighted by Crippen LogP contribution is 2.23. The average molecular weight is 563 g/mol. The van der Waals surface area contributed by atoms with Gasteiger partial charge in [-0.15, -0.1) is 0 Å². The number of primary amides is 1. The van der Waals surface area contributed by atoms with E-state index in [4.69, 9.17) is 11.5 Å². The Morgan fingerprint density at radius 3 is 2.34 bits per heavy atom. The van der Waals surface area contributed by atoms with Gasteiger partial charge in [0.15, 0.2) is 0 Å². The molecule has 0 radical (unpaired) electrons. The minimum atomic E-state index is -1.26. The van der Waals surface area contributed by atoms with Crippen molar-refractivity contribution < 1.29 is 29.1 Å². The molecule has 8 N–H and O–H groups in total. The van der Waals surface area contributed by atoms with E-state index in [1.165, 1.54) is 4.90 Å². The minimum absolute atomic E-state index is 0.0805. The molecule has 0 bridgehead atoms. The van der Waals surface area contributed by atoms with Crippen LogP contribution in [0.1, 0.15) is 30.4 Å². The summed E-state index contributed by atoms with van der Waals surface area (Å²) in [6.45, 7) is 0.252. The number of para-hydroxylation sites is 1. The van der Waals surface area contributed by atoms with E-state index >= 15 is 0 Å². The lowest BCUT2D eigenvalue weighted by Gasteiger charge is -2.29. The Bertz CT molecular complexity index is 1420. The van der Waals surface area contributed by atoms with Crippen molar-refractivity contribution in [1.82, 2.24) is 20.5 Å². The van der Waals surface area contributed by atoms with Gasteiger partial charge in [-0.05, 0) is 30.0 Å². The molecule has 1 aliphatic heterocycles. The standard InChI is InChI=1S/C29H34N6O6/c30-20(15-25(31)36)26(37)33-22(13-17-7-2-1-3-8-17)27(38)34-23(28(39)35-12-6-11-24(35)29(40)41)14-18-16-32-21-10-5-4-9-19(18)21/h1-5,7-10,16,20,22-24,32H,6,11-15,30H2,(H2,31,36)(H,33,37)(H,34,38)(H,40,41). The number of nitrogens with one attached hydrogen (secondary N) is 3. The maximum Gasteiger partial charge on any atom is 0.326 e. The number of H-pyrrole nitrogens is 1. The van der Waals surface area contributed by atoms with Crippen molar-refractivity contribution >= 4 is 40.5 Å². The second kappa shape index (κ2) is 13.1. The second-order valence-corrected chi connectivity index (χ2v) is 10.2. The van der Waals surface area contributed by atoms with Crippen LogP contribution in [0.4, 0.5) is 0 Å². The van der Waals surface area contributed by atoms with E-state index in [9.17, 15) is 29.1 Å². The summed E-state index contributed by atoms with van der Waals surface area (Å²) >= 11 is 0. The molecule has 4 rings (SSSR count). The van der Waals surface area contributed by atoms with Crippen molar-refractivity contribution in [3.63, 3.8) is 0 Å². The highest BCUT2D eigenvalue weighted by atomic mass is 16.4. The van der Waals surface area contributed by atoms with E-state index < -0.39 is 60.2 Å². The normalized spacial score (nSPS) is 17.0. The van der Waals surface area contributed by atoms with Gasteiger partial charge in [-0.25, -0.2) is 4.79 Å². The van der Waals surface area contributed by atoms with Gasteiger partial charge >= 0.3 is 5.97 Å². The number of amides is 4. The monoisotopic (exact) mass is 562 g/mol. The first-order chi connectivity index (χ1) is 19.6. The van der Waals surface area contributed by atoms with Gasteiger partial charge in [0, 0.05) is 36.5 Å². The zero-order chi connectivity index (χ0) is 29.5. The number of rotatable bonds is 12. The van der Waals surface area contributed by atoms with Crippen LogP contribution in [0.2, 0.25) is 0 Å². The molecule has 1 fully saturated rings. The summed E-state index contributed by atoms with van der Waals surface area (Å²) in [7, 11) is 0. The van der Waals surface area contributed by atoms with Crippen molar-refractivity contribution in [3.05, 3.63) is 71.9 Å². The molecule has 0 saturated carbocycles. The van der Waals surface area contributed by atoms with E-state index in [2.05, 4.69) is 15.6 Å². The van der Waals surface area contributed by atoms with Crippen LogP contribution in [-0.4, -0.2) is 75.3 Å². The molecule has 4 unspecified atom stereocenters. The van der Waals surface area contributed by atoms with Crippen LogP contribution in [0, 0.1) is 0 Å². The number of carboxylic acid groups (broad SMARTS) is 1. The molecule has 2 heterocycles. The first kappa shape index (κ1) is 29.3. The maximum absolute atomic E-state index is 13.8. The number of nitrogens with two attached hydrogens (primary N) is 2. The Morgan fingerprint density at radius 2 is 1.63 bits per heavy atom. The van der Waals surface area contributed by atoms with Crippen LogP contribution in [0.3, 0.4) is 0 Å². The lowest BCUT2D eigenvalue weighted by molar-refractivity contribution is -0.149. The van der Waals surface area contributed by atoms with Crippen LogP contribution in [0.5, 0.6) is 0 Å². The summed E-state index contributed by atoms with van der Waals surface area (Å²) in [4.78, 5) is 67.8. The lowest BCUT2D eigenvalue weighted by Crippen LogP contribution is -2.58. The number of carbonyl (C=O) groups excluding carboxylic acids is 4. The van der Waals surface area contributed by atoms with Crippen molar-refractivity contribution in [3.8, 4) is 0 Å². The Balaban J connectivity index is 1.62. The Labute approximate surface area is 236 Å². The van der Waals surface area contributed by atoms with Gasteiger partial charge in [-0.3, -0.25) is 19.2 Å². The van der Waals surface area contributed by atoms with Crippen molar-refractivity contribution in [2.45, 2.75) is 56.3 Å². The molecule has 41 heavy (non-hydrogen) atoms. The summed E-state index contributed by atoms with van der Waals surface area (Å²) in [5.74, 6) is -3.79. The van der Waals surface area contributed by atoms with E-state index in [0.717, 1.165) is 22.0 Å². The topological polar surface area (TPSA) is 201 Å². The van der Waals surface area contributed by atoms with Gasteiger partial charge in [-0.2, -0.15) is 0 Å². The number of aromatic nitrogens is 1. The van der Waals surface area contributed by atoms with Crippen molar-refractivity contribution in [2.75, 3.05) is 6.54 Å². The van der Waals surface area contributed by atoms with Crippen molar-refractivity contribution in [2.24, 2.45) is 11.5 Å². The van der Waals surface area contributed by atoms with Gasteiger partial charge in [0.1, 0.15) is 18.1 Å².